The second-order valence-electron chi connectivity index (χ2n) is 12.7. The van der Waals surface area contributed by atoms with Gasteiger partial charge in [-0.05, 0) is 70.6 Å². The number of carbonyl (C=O) groups excluding carboxylic acids is 1. The molecule has 8 heteroatoms. The summed E-state index contributed by atoms with van der Waals surface area (Å²) in [5.41, 5.74) is 0. The summed E-state index contributed by atoms with van der Waals surface area (Å²) in [6.45, 7) is 2.37. The van der Waals surface area contributed by atoms with E-state index in [1.54, 1.807) is 0 Å². The molecular weight excluding hydrogens is 630 g/mol. The largest absolute Gasteiger partial charge is 0.477 e. The van der Waals surface area contributed by atoms with Crippen LogP contribution in [-0.2, 0) is 23.8 Å². The number of rotatable bonds is 31. The first-order chi connectivity index (χ1) is 24.2. The molecule has 0 heterocycles. The highest BCUT2D eigenvalue weighted by atomic mass is 16.7. The van der Waals surface area contributed by atoms with Gasteiger partial charge in [0.2, 0.25) is 0 Å². The molecule has 0 aliphatic rings. The number of aliphatic hydroxyl groups excluding tert-OH is 1. The summed E-state index contributed by atoms with van der Waals surface area (Å²) in [7, 11) is 5.88. The van der Waals surface area contributed by atoms with Gasteiger partial charge in [-0.1, -0.05) is 116 Å². The number of quaternary nitrogens is 1. The molecule has 2 N–H and O–H groups in total. The summed E-state index contributed by atoms with van der Waals surface area (Å²) in [6, 6.07) is 0. The van der Waals surface area contributed by atoms with Gasteiger partial charge in [-0.2, -0.15) is 0 Å². The van der Waals surface area contributed by atoms with E-state index >= 15 is 0 Å². The average Bonchev–Trinajstić information content (AvgIpc) is 3.07. The number of hydrogen-bond acceptors (Lipinski definition) is 6. The Morgan fingerprint density at radius 1 is 0.600 bits per heavy atom. The Labute approximate surface area is 303 Å². The Kier molecular flexibility index (Phi) is 31.5. The van der Waals surface area contributed by atoms with Gasteiger partial charge >= 0.3 is 11.9 Å². The van der Waals surface area contributed by atoms with Crippen LogP contribution in [0.15, 0.2) is 109 Å². The summed E-state index contributed by atoms with van der Waals surface area (Å²) in [5, 5.41) is 19.2. The highest BCUT2D eigenvalue weighted by molar-refractivity contribution is 5.70. The predicted molar refractivity (Wildman–Crippen MR) is 207 cm³/mol. The maximum atomic E-state index is 11.9. The van der Waals surface area contributed by atoms with E-state index < -0.39 is 24.3 Å². The zero-order valence-electron chi connectivity index (χ0n) is 31.2. The van der Waals surface area contributed by atoms with Crippen LogP contribution in [0.2, 0.25) is 0 Å². The van der Waals surface area contributed by atoms with Crippen molar-refractivity contribution < 1.29 is 38.5 Å². The number of carboxylic acid groups (broad SMARTS) is 1. The highest BCUT2D eigenvalue weighted by Crippen LogP contribution is 2.04. The average molecular weight is 697 g/mol. The van der Waals surface area contributed by atoms with Crippen LogP contribution in [0.3, 0.4) is 0 Å². The van der Waals surface area contributed by atoms with Crippen molar-refractivity contribution in [3.8, 4) is 0 Å². The number of esters is 1. The van der Waals surface area contributed by atoms with Crippen molar-refractivity contribution in [1.82, 2.24) is 0 Å². The Morgan fingerprint density at radius 2 is 1.00 bits per heavy atom. The maximum absolute atomic E-state index is 11.9. The normalized spacial score (nSPS) is 14.5. The van der Waals surface area contributed by atoms with Gasteiger partial charge in [-0.15, -0.1) is 0 Å². The first kappa shape index (κ1) is 46.4. The molecule has 0 aromatic carbocycles. The van der Waals surface area contributed by atoms with Crippen molar-refractivity contribution in [1.29, 1.82) is 0 Å². The fourth-order valence-electron chi connectivity index (χ4n) is 3.95. The SMILES string of the molecule is CC/C=C\C/C=C\C/C=C\C/C=C\C/C=C\C/C=C\C/C=C\C/C=C\C/C=C\CCCC(=O)OCC(O)COC(OCC[N+](C)(C)C)C(=O)O. The zero-order chi connectivity index (χ0) is 37.0. The van der Waals surface area contributed by atoms with E-state index in [1.807, 2.05) is 27.2 Å². The molecule has 0 spiro atoms. The van der Waals surface area contributed by atoms with Gasteiger partial charge in [-0.25, -0.2) is 4.79 Å². The smallest absolute Gasteiger partial charge is 0.361 e. The molecule has 0 aromatic rings. The number of hydrogen-bond donors (Lipinski definition) is 2. The van der Waals surface area contributed by atoms with E-state index in [-0.39, 0.29) is 26.2 Å². The third kappa shape index (κ3) is 35.7. The molecule has 0 amide bonds. The number of nitrogens with zero attached hydrogens (tertiary/aromatic N) is 1. The maximum Gasteiger partial charge on any atom is 0.361 e. The molecule has 2 unspecified atom stereocenters. The van der Waals surface area contributed by atoms with Crippen LogP contribution in [0.1, 0.15) is 84.0 Å². The minimum atomic E-state index is -1.48. The molecule has 0 aliphatic carbocycles. The lowest BCUT2D eigenvalue weighted by Crippen LogP contribution is -2.40. The molecule has 50 heavy (non-hydrogen) atoms. The molecule has 0 aromatic heterocycles. The van der Waals surface area contributed by atoms with Crippen LogP contribution in [0.25, 0.3) is 0 Å². The minimum Gasteiger partial charge on any atom is -0.477 e. The second-order valence-corrected chi connectivity index (χ2v) is 12.7. The van der Waals surface area contributed by atoms with E-state index in [0.29, 0.717) is 17.4 Å². The van der Waals surface area contributed by atoms with Crippen molar-refractivity contribution in [2.75, 3.05) is 47.5 Å². The fraction of sp³-hybridized carbons (Fsp3) is 0.524. The topological polar surface area (TPSA) is 102 Å². The highest BCUT2D eigenvalue weighted by Gasteiger charge is 2.22. The predicted octanol–water partition coefficient (Wildman–Crippen LogP) is 8.75. The monoisotopic (exact) mass is 696 g/mol. The van der Waals surface area contributed by atoms with Crippen molar-refractivity contribution in [3.05, 3.63) is 109 Å². The summed E-state index contributed by atoms with van der Waals surface area (Å²) >= 11 is 0. The summed E-state index contributed by atoms with van der Waals surface area (Å²) in [4.78, 5) is 23.2. The molecule has 0 bridgehead atoms. The van der Waals surface area contributed by atoms with Crippen LogP contribution in [0.4, 0.5) is 0 Å². The molecule has 8 nitrogen and oxygen atoms in total. The first-order valence-electron chi connectivity index (χ1n) is 18.1. The van der Waals surface area contributed by atoms with Gasteiger partial charge in [0.1, 0.15) is 19.3 Å². The van der Waals surface area contributed by atoms with Crippen LogP contribution in [0, 0.1) is 0 Å². The minimum absolute atomic E-state index is 0.194. The number of carboxylic acids is 1. The van der Waals surface area contributed by atoms with Gasteiger partial charge < -0.3 is 28.9 Å². The van der Waals surface area contributed by atoms with E-state index in [1.165, 1.54) is 0 Å². The Bertz CT molecular complexity index is 1120. The lowest BCUT2D eigenvalue weighted by Gasteiger charge is -2.24. The van der Waals surface area contributed by atoms with Crippen molar-refractivity contribution in [2.24, 2.45) is 0 Å². The summed E-state index contributed by atoms with van der Waals surface area (Å²) in [5.74, 6) is -1.69. The zero-order valence-corrected chi connectivity index (χ0v) is 31.2. The number of ether oxygens (including phenoxy) is 3. The lowest BCUT2D eigenvalue weighted by molar-refractivity contribution is -0.870. The summed E-state index contributed by atoms with van der Waals surface area (Å²) in [6.07, 6.45) is 47.0. The molecule has 0 aliphatic heterocycles. The molecule has 0 rings (SSSR count). The Balaban J connectivity index is 3.79. The van der Waals surface area contributed by atoms with Crippen molar-refractivity contribution in [2.45, 2.75) is 96.4 Å². The number of likely N-dealkylation sites (N-methyl/N-ethyl adjacent to an activating group) is 1. The Hall–Kier alpha value is -3.56. The third-order valence-electron chi connectivity index (χ3n) is 6.77. The fourth-order valence-corrected chi connectivity index (χ4v) is 3.95. The molecule has 0 fully saturated rings. The molecule has 2 atom stereocenters. The van der Waals surface area contributed by atoms with Gasteiger partial charge in [0.25, 0.3) is 6.29 Å². The lowest BCUT2D eigenvalue weighted by atomic mass is 10.2. The van der Waals surface area contributed by atoms with E-state index in [9.17, 15) is 19.8 Å². The standard InChI is InChI=1S/C42H65NO7/c1-5-6-7-8-9-10-11-12-13-14-15-16-17-18-19-20-21-22-23-24-25-26-27-28-29-30-31-32-33-34-40(45)49-37-39(44)38-50-42(41(46)47)48-36-35-43(2,3)4/h6-7,9-10,12-13,15-16,18-19,21-22,24-25,27-28,30-31,39,42,44H,5,8,11,14,17,20,23,26,29,32-38H2,1-4H3/p+1/b7-6-,10-9-,13-12-,16-15-,19-18-,22-21-,25-24-,28-27-,31-30-. The van der Waals surface area contributed by atoms with Crippen LogP contribution >= 0.6 is 0 Å². The molecular formula is C42H66NO7+. The number of aliphatic carboxylic acids is 1. The molecule has 0 saturated carbocycles. The van der Waals surface area contributed by atoms with Crippen molar-refractivity contribution in [3.63, 3.8) is 0 Å². The van der Waals surface area contributed by atoms with Crippen molar-refractivity contribution >= 4 is 11.9 Å². The number of unbranched alkanes of at least 4 members (excludes halogenated alkanes) is 1. The third-order valence-corrected chi connectivity index (χ3v) is 6.77. The first-order valence-corrected chi connectivity index (χ1v) is 18.1. The van der Waals surface area contributed by atoms with Gasteiger partial charge in [-0.3, -0.25) is 4.79 Å². The van der Waals surface area contributed by atoms with Gasteiger partial charge in [0.05, 0.1) is 34.4 Å². The number of carbonyl (C=O) groups is 2. The number of allylic oxidation sites excluding steroid dienone is 18. The van der Waals surface area contributed by atoms with Gasteiger partial charge in [0.15, 0.2) is 0 Å². The summed E-state index contributed by atoms with van der Waals surface area (Å²) < 4.78 is 16.1. The van der Waals surface area contributed by atoms with Gasteiger partial charge in [0, 0.05) is 6.42 Å². The van der Waals surface area contributed by atoms with E-state index in [2.05, 4.69) is 110 Å². The quantitative estimate of drug-likeness (QED) is 0.0246. The second kappa shape index (κ2) is 33.9. The van der Waals surface area contributed by atoms with E-state index in [0.717, 1.165) is 64.2 Å². The number of aliphatic hydroxyl groups is 1. The van der Waals surface area contributed by atoms with Crippen LogP contribution < -0.4 is 0 Å². The molecule has 0 saturated heterocycles. The van der Waals surface area contributed by atoms with Crippen LogP contribution in [-0.4, -0.2) is 86.5 Å². The molecule has 280 valence electrons. The van der Waals surface area contributed by atoms with E-state index in [4.69, 9.17) is 14.2 Å². The van der Waals surface area contributed by atoms with Crippen LogP contribution in [0.5, 0.6) is 0 Å². The Morgan fingerprint density at radius 3 is 1.38 bits per heavy atom. The molecule has 0 radical (unpaired) electrons.